The van der Waals surface area contributed by atoms with Crippen LogP contribution >= 0.6 is 0 Å². The first-order chi connectivity index (χ1) is 12.9. The van der Waals surface area contributed by atoms with Gasteiger partial charge in [0.2, 0.25) is 0 Å². The monoisotopic (exact) mass is 354 g/mol. The van der Waals surface area contributed by atoms with Crippen molar-refractivity contribution in [1.29, 1.82) is 0 Å². The number of nitrogens with zero attached hydrogens (tertiary/aromatic N) is 3. The minimum absolute atomic E-state index is 0.795. The second-order valence-electron chi connectivity index (χ2n) is 7.44. The minimum Gasteiger partial charge on any atom is -0.379 e. The van der Waals surface area contributed by atoms with Gasteiger partial charge in [-0.1, -0.05) is 18.2 Å². The molecule has 2 aliphatic heterocycles. The zero-order valence-electron chi connectivity index (χ0n) is 15.6. The lowest BCUT2D eigenvalue weighted by Gasteiger charge is -2.34. The molecule has 0 bridgehead atoms. The second kappa shape index (κ2) is 8.80. The fraction of sp³-hybridized carbons (Fsp3) is 0.571. The molecule has 5 nitrogen and oxygen atoms in total. The van der Waals surface area contributed by atoms with Gasteiger partial charge in [0, 0.05) is 56.5 Å². The molecule has 1 N–H and O–H groups in total. The molecule has 3 heterocycles. The van der Waals surface area contributed by atoms with E-state index >= 15 is 0 Å². The standard InChI is InChI=1S/C21H30N4O/c1-2-4-20-19(3-1)21(5-8-23-20)25-10-6-18(7-11-25)17-22-9-12-24-13-15-26-16-14-24/h1-5,8,18,22H,6-7,9-17H2. The van der Waals surface area contributed by atoms with Crippen LogP contribution in [0.2, 0.25) is 0 Å². The van der Waals surface area contributed by atoms with Crippen molar-refractivity contribution in [1.82, 2.24) is 15.2 Å². The average Bonchev–Trinajstić information content (AvgIpc) is 2.72. The number of anilines is 1. The fourth-order valence-corrected chi connectivity index (χ4v) is 4.10. The van der Waals surface area contributed by atoms with Gasteiger partial charge >= 0.3 is 0 Å². The molecular weight excluding hydrogens is 324 g/mol. The first kappa shape index (κ1) is 17.7. The molecule has 0 spiro atoms. The lowest BCUT2D eigenvalue weighted by Crippen LogP contribution is -2.42. The molecule has 2 fully saturated rings. The summed E-state index contributed by atoms with van der Waals surface area (Å²) in [5.74, 6) is 0.795. The Morgan fingerprint density at radius 2 is 1.85 bits per heavy atom. The molecule has 0 atom stereocenters. The van der Waals surface area contributed by atoms with E-state index in [9.17, 15) is 0 Å². The molecule has 0 radical (unpaired) electrons. The Morgan fingerprint density at radius 3 is 2.69 bits per heavy atom. The van der Waals surface area contributed by atoms with E-state index in [0.29, 0.717) is 0 Å². The van der Waals surface area contributed by atoms with Gasteiger partial charge in [-0.25, -0.2) is 0 Å². The van der Waals surface area contributed by atoms with Crippen LogP contribution in [0.3, 0.4) is 0 Å². The highest BCUT2D eigenvalue weighted by atomic mass is 16.5. The third-order valence-corrected chi connectivity index (χ3v) is 5.72. The lowest BCUT2D eigenvalue weighted by molar-refractivity contribution is 0.0383. The Hall–Kier alpha value is -1.69. The number of morpholine rings is 1. The van der Waals surface area contributed by atoms with Crippen molar-refractivity contribution >= 4 is 16.6 Å². The maximum atomic E-state index is 5.40. The number of hydrogen-bond acceptors (Lipinski definition) is 5. The maximum absolute atomic E-state index is 5.40. The molecule has 2 aliphatic rings. The van der Waals surface area contributed by atoms with Crippen molar-refractivity contribution < 1.29 is 4.74 Å². The molecule has 2 saturated heterocycles. The maximum Gasteiger partial charge on any atom is 0.0722 e. The number of rotatable bonds is 6. The van der Waals surface area contributed by atoms with Crippen LogP contribution in [0.5, 0.6) is 0 Å². The predicted octanol–water partition coefficient (Wildman–Crippen LogP) is 2.37. The van der Waals surface area contributed by atoms with Crippen molar-refractivity contribution in [2.24, 2.45) is 5.92 Å². The van der Waals surface area contributed by atoms with Gasteiger partial charge in [-0.05, 0) is 37.4 Å². The molecule has 0 aliphatic carbocycles. The summed E-state index contributed by atoms with van der Waals surface area (Å²) in [5.41, 5.74) is 2.44. The van der Waals surface area contributed by atoms with E-state index in [2.05, 4.69) is 50.4 Å². The first-order valence-corrected chi connectivity index (χ1v) is 10.00. The normalized spacial score (nSPS) is 19.9. The van der Waals surface area contributed by atoms with Crippen molar-refractivity contribution in [2.75, 3.05) is 63.9 Å². The molecule has 2 aromatic rings. The predicted molar refractivity (Wildman–Crippen MR) is 107 cm³/mol. The largest absolute Gasteiger partial charge is 0.379 e. The SMILES string of the molecule is c1ccc2c(N3CCC(CNCCN4CCOCC4)CC3)ccnc2c1. The Balaban J connectivity index is 1.22. The molecule has 26 heavy (non-hydrogen) atoms. The summed E-state index contributed by atoms with van der Waals surface area (Å²) in [5, 5.41) is 4.95. The van der Waals surface area contributed by atoms with E-state index in [-0.39, 0.29) is 0 Å². The van der Waals surface area contributed by atoms with Crippen molar-refractivity contribution in [2.45, 2.75) is 12.8 Å². The zero-order valence-corrected chi connectivity index (χ0v) is 15.6. The van der Waals surface area contributed by atoms with Gasteiger partial charge in [-0.3, -0.25) is 9.88 Å². The number of benzene rings is 1. The van der Waals surface area contributed by atoms with E-state index in [1.54, 1.807) is 0 Å². The molecule has 4 rings (SSSR count). The number of piperidine rings is 1. The van der Waals surface area contributed by atoms with Crippen LogP contribution in [0, 0.1) is 5.92 Å². The number of nitrogens with one attached hydrogen (secondary N) is 1. The Kier molecular flexibility index (Phi) is 5.99. The summed E-state index contributed by atoms with van der Waals surface area (Å²) in [4.78, 5) is 9.52. The highest BCUT2D eigenvalue weighted by Gasteiger charge is 2.20. The Labute approximate surface area is 156 Å². The topological polar surface area (TPSA) is 40.6 Å². The minimum atomic E-state index is 0.795. The van der Waals surface area contributed by atoms with E-state index in [1.165, 1.54) is 23.9 Å². The third kappa shape index (κ3) is 4.34. The van der Waals surface area contributed by atoms with Gasteiger partial charge in [-0.15, -0.1) is 0 Å². The molecule has 0 amide bonds. The summed E-state index contributed by atoms with van der Waals surface area (Å²) in [6.45, 7) is 9.62. The third-order valence-electron chi connectivity index (χ3n) is 5.72. The fourth-order valence-electron chi connectivity index (χ4n) is 4.10. The first-order valence-electron chi connectivity index (χ1n) is 10.00. The summed E-state index contributed by atoms with van der Waals surface area (Å²) in [6, 6.07) is 10.6. The van der Waals surface area contributed by atoms with Gasteiger partial charge in [0.1, 0.15) is 0 Å². The molecule has 140 valence electrons. The lowest BCUT2D eigenvalue weighted by atomic mass is 9.96. The summed E-state index contributed by atoms with van der Waals surface area (Å²) >= 11 is 0. The second-order valence-corrected chi connectivity index (χ2v) is 7.44. The van der Waals surface area contributed by atoms with Crippen LogP contribution in [0.15, 0.2) is 36.5 Å². The summed E-state index contributed by atoms with van der Waals surface area (Å²) in [6.07, 6.45) is 4.47. The van der Waals surface area contributed by atoms with Gasteiger partial charge < -0.3 is 15.0 Å². The van der Waals surface area contributed by atoms with E-state index in [1.807, 2.05) is 6.20 Å². The smallest absolute Gasteiger partial charge is 0.0722 e. The molecule has 1 aromatic heterocycles. The number of fused-ring (bicyclic) bond motifs is 1. The van der Waals surface area contributed by atoms with E-state index in [4.69, 9.17) is 4.74 Å². The van der Waals surface area contributed by atoms with Crippen molar-refractivity contribution in [3.63, 3.8) is 0 Å². The van der Waals surface area contributed by atoms with Crippen LogP contribution in [-0.4, -0.2) is 68.9 Å². The molecular formula is C21H30N4O. The van der Waals surface area contributed by atoms with E-state index in [0.717, 1.165) is 70.5 Å². The van der Waals surface area contributed by atoms with Gasteiger partial charge in [0.25, 0.3) is 0 Å². The summed E-state index contributed by atoms with van der Waals surface area (Å²) in [7, 11) is 0. The van der Waals surface area contributed by atoms with Gasteiger partial charge in [-0.2, -0.15) is 0 Å². The van der Waals surface area contributed by atoms with Crippen LogP contribution in [0.4, 0.5) is 5.69 Å². The van der Waals surface area contributed by atoms with Gasteiger partial charge in [0.15, 0.2) is 0 Å². The average molecular weight is 354 g/mol. The quantitative estimate of drug-likeness (QED) is 0.807. The molecule has 5 heteroatoms. The number of aromatic nitrogens is 1. The van der Waals surface area contributed by atoms with Crippen LogP contribution < -0.4 is 10.2 Å². The molecule has 1 aromatic carbocycles. The highest BCUT2D eigenvalue weighted by molar-refractivity contribution is 5.91. The van der Waals surface area contributed by atoms with Crippen LogP contribution in [0.25, 0.3) is 10.9 Å². The summed E-state index contributed by atoms with van der Waals surface area (Å²) < 4.78 is 5.40. The molecule has 0 saturated carbocycles. The van der Waals surface area contributed by atoms with Crippen molar-refractivity contribution in [3.8, 4) is 0 Å². The van der Waals surface area contributed by atoms with Crippen LogP contribution in [0.1, 0.15) is 12.8 Å². The number of hydrogen-bond donors (Lipinski definition) is 1. The van der Waals surface area contributed by atoms with Gasteiger partial charge in [0.05, 0.1) is 18.7 Å². The Bertz CT molecular complexity index is 688. The zero-order chi connectivity index (χ0) is 17.6. The molecule has 0 unspecified atom stereocenters. The van der Waals surface area contributed by atoms with Crippen LogP contribution in [-0.2, 0) is 4.74 Å². The number of ether oxygens (including phenoxy) is 1. The number of para-hydroxylation sites is 1. The number of pyridine rings is 1. The van der Waals surface area contributed by atoms with Crippen molar-refractivity contribution in [3.05, 3.63) is 36.5 Å². The highest BCUT2D eigenvalue weighted by Crippen LogP contribution is 2.28. The van der Waals surface area contributed by atoms with E-state index < -0.39 is 0 Å². The Morgan fingerprint density at radius 1 is 1.04 bits per heavy atom.